The Morgan fingerprint density at radius 2 is 1.95 bits per heavy atom. The maximum absolute atomic E-state index is 12.1. The highest BCUT2D eigenvalue weighted by Gasteiger charge is 2.53. The summed E-state index contributed by atoms with van der Waals surface area (Å²) in [7, 11) is -3.03. The van der Waals surface area contributed by atoms with Crippen LogP contribution in [0.15, 0.2) is 24.7 Å². The summed E-state index contributed by atoms with van der Waals surface area (Å²) < 4.78 is 26.0. The van der Waals surface area contributed by atoms with Gasteiger partial charge in [0.15, 0.2) is 15.5 Å². The van der Waals surface area contributed by atoms with E-state index in [1.165, 1.54) is 0 Å². The normalized spacial score (nSPS) is 35.5. The molecule has 0 amide bonds. The lowest BCUT2D eigenvalue weighted by Crippen LogP contribution is -2.43. The lowest BCUT2D eigenvalue weighted by molar-refractivity contribution is 0.0169. The van der Waals surface area contributed by atoms with Gasteiger partial charge >= 0.3 is 0 Å². The second kappa shape index (κ2) is 3.79. The molecule has 2 aliphatic rings. The maximum atomic E-state index is 12.1. The third-order valence-corrected chi connectivity index (χ3v) is 7.36. The van der Waals surface area contributed by atoms with Gasteiger partial charge in [-0.2, -0.15) is 0 Å². The van der Waals surface area contributed by atoms with E-state index in [9.17, 15) is 13.5 Å². The number of fused-ring (bicyclic) bond motifs is 3. The third kappa shape index (κ3) is 1.56. The van der Waals surface area contributed by atoms with Gasteiger partial charge in [-0.05, 0) is 31.7 Å². The van der Waals surface area contributed by atoms with E-state index >= 15 is 0 Å². The molecule has 0 radical (unpaired) electrons. The summed E-state index contributed by atoms with van der Waals surface area (Å²) in [5.74, 6) is 0. The Kier molecular flexibility index (Phi) is 2.33. The van der Waals surface area contributed by atoms with Gasteiger partial charge in [-0.3, -0.25) is 4.40 Å². The molecule has 2 atom stereocenters. The number of aliphatic hydroxyl groups is 1. The molecule has 7 heteroatoms. The molecule has 2 unspecified atom stereocenters. The average molecular weight is 293 g/mol. The van der Waals surface area contributed by atoms with Crippen LogP contribution >= 0.6 is 0 Å². The van der Waals surface area contributed by atoms with Crippen molar-refractivity contribution in [2.45, 2.75) is 41.8 Å². The van der Waals surface area contributed by atoms with Gasteiger partial charge in [0.25, 0.3) is 0 Å². The Balaban J connectivity index is 1.78. The van der Waals surface area contributed by atoms with Gasteiger partial charge in [0.2, 0.25) is 0 Å². The van der Waals surface area contributed by atoms with Gasteiger partial charge in [0, 0.05) is 11.8 Å². The van der Waals surface area contributed by atoms with Crippen molar-refractivity contribution in [3.05, 3.63) is 30.2 Å². The van der Waals surface area contributed by atoms with Crippen molar-refractivity contribution in [1.29, 1.82) is 0 Å². The molecule has 1 N–H and O–H groups in total. The molecular formula is C13H15N3O3S. The van der Waals surface area contributed by atoms with E-state index < -0.39 is 25.9 Å². The van der Waals surface area contributed by atoms with Crippen molar-refractivity contribution in [3.63, 3.8) is 0 Å². The Morgan fingerprint density at radius 3 is 2.65 bits per heavy atom. The smallest absolute Gasteiger partial charge is 0.160 e. The summed E-state index contributed by atoms with van der Waals surface area (Å²) in [6.07, 6.45) is 5.30. The van der Waals surface area contributed by atoms with Crippen LogP contribution in [-0.4, -0.2) is 38.6 Å². The van der Waals surface area contributed by atoms with Gasteiger partial charge in [0.1, 0.15) is 6.33 Å². The van der Waals surface area contributed by atoms with Crippen molar-refractivity contribution in [2.75, 3.05) is 0 Å². The number of aromatic nitrogens is 3. The monoisotopic (exact) mass is 293 g/mol. The molecule has 2 fully saturated rings. The zero-order valence-electron chi connectivity index (χ0n) is 10.8. The Morgan fingerprint density at radius 1 is 1.25 bits per heavy atom. The molecule has 0 aliphatic carbocycles. The summed E-state index contributed by atoms with van der Waals surface area (Å²) >= 11 is 0. The van der Waals surface area contributed by atoms with Gasteiger partial charge in [-0.25, -0.2) is 8.42 Å². The van der Waals surface area contributed by atoms with Gasteiger partial charge in [-0.15, -0.1) is 10.2 Å². The number of rotatable bonds is 1. The molecule has 4 heterocycles. The Labute approximate surface area is 116 Å². The fourth-order valence-corrected chi connectivity index (χ4v) is 6.07. The molecule has 2 aromatic rings. The molecule has 0 spiro atoms. The number of hydrogen-bond donors (Lipinski definition) is 1. The molecule has 2 aromatic heterocycles. The number of sulfone groups is 1. The van der Waals surface area contributed by atoms with Crippen LogP contribution in [0.2, 0.25) is 0 Å². The van der Waals surface area contributed by atoms with E-state index in [-0.39, 0.29) is 0 Å². The summed E-state index contributed by atoms with van der Waals surface area (Å²) in [4.78, 5) is 0. The minimum Gasteiger partial charge on any atom is -0.385 e. The summed E-state index contributed by atoms with van der Waals surface area (Å²) in [5.41, 5.74) is 0.399. The zero-order chi connectivity index (χ0) is 14.0. The van der Waals surface area contributed by atoms with Crippen molar-refractivity contribution in [3.8, 4) is 0 Å². The van der Waals surface area contributed by atoms with Crippen molar-refractivity contribution < 1.29 is 13.5 Å². The molecule has 20 heavy (non-hydrogen) atoms. The Hall–Kier alpha value is -1.47. The lowest BCUT2D eigenvalue weighted by Gasteiger charge is -2.36. The van der Waals surface area contributed by atoms with Crippen LogP contribution in [0.1, 0.15) is 31.2 Å². The first kappa shape index (κ1) is 12.3. The second-order valence-electron chi connectivity index (χ2n) is 5.86. The lowest BCUT2D eigenvalue weighted by atomic mass is 9.87. The third-order valence-electron chi connectivity index (χ3n) is 4.70. The highest BCUT2D eigenvalue weighted by atomic mass is 32.2. The highest BCUT2D eigenvalue weighted by molar-refractivity contribution is 7.93. The minimum atomic E-state index is -3.03. The first-order chi connectivity index (χ1) is 9.49. The topological polar surface area (TPSA) is 84.6 Å². The van der Waals surface area contributed by atoms with Crippen LogP contribution in [-0.2, 0) is 15.4 Å². The van der Waals surface area contributed by atoms with Crippen molar-refractivity contribution in [2.24, 2.45) is 0 Å². The predicted molar refractivity (Wildman–Crippen MR) is 71.8 cm³/mol. The zero-order valence-corrected chi connectivity index (χ0v) is 11.6. The summed E-state index contributed by atoms with van der Waals surface area (Å²) in [6.45, 7) is 0. The van der Waals surface area contributed by atoms with E-state index in [2.05, 4.69) is 10.2 Å². The summed E-state index contributed by atoms with van der Waals surface area (Å²) in [5, 5.41) is 17.9. The minimum absolute atomic E-state index is 0.291. The van der Waals surface area contributed by atoms with Crippen LogP contribution in [0.5, 0.6) is 0 Å². The number of nitrogens with zero attached hydrogens (tertiary/aromatic N) is 3. The van der Waals surface area contributed by atoms with Crippen LogP contribution in [0.4, 0.5) is 0 Å². The maximum Gasteiger partial charge on any atom is 0.160 e. The molecule has 4 rings (SSSR count). The van der Waals surface area contributed by atoms with E-state index in [0.717, 1.165) is 5.56 Å². The molecule has 6 nitrogen and oxygen atoms in total. The van der Waals surface area contributed by atoms with E-state index in [1.54, 1.807) is 23.0 Å². The molecule has 2 bridgehead atoms. The first-order valence-corrected chi connectivity index (χ1v) is 8.35. The van der Waals surface area contributed by atoms with Gasteiger partial charge in [-0.1, -0.05) is 6.07 Å². The van der Waals surface area contributed by atoms with E-state index in [4.69, 9.17) is 0 Å². The van der Waals surface area contributed by atoms with Crippen molar-refractivity contribution in [1.82, 2.24) is 14.6 Å². The van der Waals surface area contributed by atoms with Crippen molar-refractivity contribution >= 4 is 15.5 Å². The molecule has 0 aromatic carbocycles. The largest absolute Gasteiger partial charge is 0.385 e. The fourth-order valence-electron chi connectivity index (χ4n) is 3.58. The molecule has 0 saturated carbocycles. The standard InChI is InChI=1S/C13H15N3O3S/c17-13(5-10-2-3-11(6-13)20(10,18)19)9-1-4-12-15-14-8-16(12)7-9/h1,4,7-8,10-11,17H,2-3,5-6H2. The van der Waals surface area contributed by atoms with Gasteiger partial charge in [0.05, 0.1) is 16.1 Å². The highest BCUT2D eigenvalue weighted by Crippen LogP contribution is 2.47. The molecule has 2 saturated heterocycles. The summed E-state index contributed by atoms with van der Waals surface area (Å²) in [6, 6.07) is 3.62. The van der Waals surface area contributed by atoms with E-state index in [1.807, 2.05) is 6.07 Å². The van der Waals surface area contributed by atoms with Crippen LogP contribution < -0.4 is 0 Å². The van der Waals surface area contributed by atoms with Crippen LogP contribution in [0.3, 0.4) is 0 Å². The SMILES string of the molecule is O=S1(=O)C2CCC1CC(O)(c1ccc3nncn3c1)C2. The molecule has 2 aliphatic heterocycles. The quantitative estimate of drug-likeness (QED) is 0.835. The van der Waals surface area contributed by atoms with Gasteiger partial charge < -0.3 is 5.11 Å². The number of hydrogen-bond acceptors (Lipinski definition) is 5. The van der Waals surface area contributed by atoms with Crippen LogP contribution in [0, 0.1) is 0 Å². The molecular weight excluding hydrogens is 278 g/mol. The first-order valence-electron chi connectivity index (χ1n) is 6.74. The second-order valence-corrected chi connectivity index (χ2v) is 8.38. The van der Waals surface area contributed by atoms with Crippen LogP contribution in [0.25, 0.3) is 5.65 Å². The number of pyridine rings is 1. The fraction of sp³-hybridized carbons (Fsp3) is 0.538. The molecule has 106 valence electrons. The average Bonchev–Trinajstić information content (AvgIpc) is 2.90. The Bertz CT molecular complexity index is 763. The predicted octanol–water partition coefficient (Wildman–Crippen LogP) is 0.656. The van der Waals surface area contributed by atoms with E-state index in [0.29, 0.717) is 31.3 Å².